The topological polar surface area (TPSA) is 0 Å². The molecule has 0 spiro atoms. The van der Waals surface area contributed by atoms with Gasteiger partial charge in [0.1, 0.15) is 0 Å². The molecule has 0 aliphatic heterocycles. The minimum atomic E-state index is -4.29. The molecular formula is C7H6ClF3S. The summed E-state index contributed by atoms with van der Waals surface area (Å²) in [5.74, 6) is 0. The largest absolute Gasteiger partial charge is 0.417 e. The molecule has 0 fully saturated rings. The Morgan fingerprint density at radius 2 is 1.58 bits per heavy atom. The van der Waals surface area contributed by atoms with E-state index in [4.69, 9.17) is 0 Å². The predicted octanol–water partition coefficient (Wildman–Crippen LogP) is 3.42. The fraction of sp³-hybridized carbons (Fsp3) is 0.143. The zero-order valence-electron chi connectivity index (χ0n) is 5.80. The molecule has 0 saturated carbocycles. The van der Waals surface area contributed by atoms with E-state index in [9.17, 15) is 13.2 Å². The molecule has 0 bridgehead atoms. The first-order valence-corrected chi connectivity index (χ1v) is 3.32. The highest BCUT2D eigenvalue weighted by atomic mass is 35.5. The third-order valence-corrected chi connectivity index (χ3v) is 1.60. The summed E-state index contributed by atoms with van der Waals surface area (Å²) in [6, 6.07) is 5.16. The Kier molecular flexibility index (Phi) is 3.93. The van der Waals surface area contributed by atoms with E-state index in [0.717, 1.165) is 6.07 Å². The van der Waals surface area contributed by atoms with E-state index in [0.29, 0.717) is 0 Å². The first kappa shape index (κ1) is 11.6. The van der Waals surface area contributed by atoms with Crippen molar-refractivity contribution in [1.82, 2.24) is 0 Å². The van der Waals surface area contributed by atoms with Crippen LogP contribution in [0.2, 0.25) is 0 Å². The van der Waals surface area contributed by atoms with Crippen molar-refractivity contribution >= 4 is 25.0 Å². The monoisotopic (exact) mass is 214 g/mol. The molecular weight excluding hydrogens is 209 g/mol. The van der Waals surface area contributed by atoms with Crippen LogP contribution in [0.15, 0.2) is 29.2 Å². The summed E-state index contributed by atoms with van der Waals surface area (Å²) in [4.78, 5) is -0.0417. The highest BCUT2D eigenvalue weighted by Crippen LogP contribution is 2.33. The van der Waals surface area contributed by atoms with E-state index in [1.807, 2.05) is 0 Å². The lowest BCUT2D eigenvalue weighted by atomic mass is 10.2. The molecule has 0 nitrogen and oxygen atoms in total. The van der Waals surface area contributed by atoms with E-state index < -0.39 is 11.7 Å². The Morgan fingerprint density at radius 1 is 1.08 bits per heavy atom. The minimum Gasteiger partial charge on any atom is -0.166 e. The molecule has 0 radical (unpaired) electrons. The summed E-state index contributed by atoms with van der Waals surface area (Å²) in [6.45, 7) is 0. The molecule has 1 aromatic rings. The van der Waals surface area contributed by atoms with Crippen molar-refractivity contribution in [3.63, 3.8) is 0 Å². The van der Waals surface area contributed by atoms with Gasteiger partial charge in [-0.1, -0.05) is 12.1 Å². The van der Waals surface area contributed by atoms with E-state index in [1.54, 1.807) is 0 Å². The van der Waals surface area contributed by atoms with Gasteiger partial charge >= 0.3 is 6.18 Å². The first-order valence-electron chi connectivity index (χ1n) is 2.87. The fourth-order valence-corrected chi connectivity index (χ4v) is 1.00. The number of hydrogen-bond donors (Lipinski definition) is 1. The molecule has 0 N–H and O–H groups in total. The summed E-state index contributed by atoms with van der Waals surface area (Å²) in [6.07, 6.45) is -4.29. The molecule has 0 aliphatic rings. The quantitative estimate of drug-likeness (QED) is 0.629. The van der Waals surface area contributed by atoms with Crippen LogP contribution in [0.5, 0.6) is 0 Å². The molecule has 0 amide bonds. The van der Waals surface area contributed by atoms with Gasteiger partial charge in [0.15, 0.2) is 0 Å². The normalized spacial score (nSPS) is 10.7. The number of rotatable bonds is 0. The third-order valence-electron chi connectivity index (χ3n) is 1.21. The second-order valence-electron chi connectivity index (χ2n) is 2.01. The predicted molar refractivity (Wildman–Crippen MR) is 45.9 cm³/mol. The molecule has 5 heteroatoms. The maximum absolute atomic E-state index is 12.0. The maximum atomic E-state index is 12.0. The van der Waals surface area contributed by atoms with Crippen LogP contribution in [-0.4, -0.2) is 0 Å². The maximum Gasteiger partial charge on any atom is 0.417 e. The molecule has 0 heterocycles. The smallest absolute Gasteiger partial charge is 0.166 e. The van der Waals surface area contributed by atoms with Crippen molar-refractivity contribution in [2.75, 3.05) is 0 Å². The van der Waals surface area contributed by atoms with Gasteiger partial charge < -0.3 is 0 Å². The molecule has 0 aliphatic carbocycles. The number of alkyl halides is 3. The standard InChI is InChI=1S/C7H5F3S.ClH/c8-7(9,10)5-3-1-2-4-6(5)11;/h1-4,11H;1H. The van der Waals surface area contributed by atoms with Gasteiger partial charge in [-0.2, -0.15) is 13.2 Å². The number of hydrogen-bond acceptors (Lipinski definition) is 1. The van der Waals surface area contributed by atoms with Gasteiger partial charge in [0, 0.05) is 4.90 Å². The second-order valence-corrected chi connectivity index (χ2v) is 2.50. The number of halogens is 4. The molecule has 0 saturated heterocycles. The van der Waals surface area contributed by atoms with Crippen molar-refractivity contribution in [3.8, 4) is 0 Å². The average molecular weight is 215 g/mol. The van der Waals surface area contributed by atoms with Gasteiger partial charge in [-0.3, -0.25) is 0 Å². The Balaban J connectivity index is 0.00000121. The molecule has 1 aromatic carbocycles. The van der Waals surface area contributed by atoms with Crippen LogP contribution < -0.4 is 0 Å². The van der Waals surface area contributed by atoms with Crippen molar-refractivity contribution in [1.29, 1.82) is 0 Å². The molecule has 0 unspecified atom stereocenters. The number of benzene rings is 1. The van der Waals surface area contributed by atoms with Gasteiger partial charge in [0.25, 0.3) is 0 Å². The zero-order valence-corrected chi connectivity index (χ0v) is 7.51. The van der Waals surface area contributed by atoms with E-state index in [-0.39, 0.29) is 17.3 Å². The van der Waals surface area contributed by atoms with E-state index in [1.165, 1.54) is 18.2 Å². The van der Waals surface area contributed by atoms with Crippen LogP contribution >= 0.6 is 25.0 Å². The zero-order chi connectivity index (χ0) is 8.48. The van der Waals surface area contributed by atoms with Crippen molar-refractivity contribution in [2.24, 2.45) is 0 Å². The molecule has 0 aromatic heterocycles. The highest BCUT2D eigenvalue weighted by Gasteiger charge is 2.31. The lowest BCUT2D eigenvalue weighted by Crippen LogP contribution is -2.05. The fourth-order valence-electron chi connectivity index (χ4n) is 0.713. The van der Waals surface area contributed by atoms with Crippen LogP contribution in [-0.2, 0) is 6.18 Å². The summed E-state index contributed by atoms with van der Waals surface area (Å²) in [5, 5.41) is 0. The van der Waals surface area contributed by atoms with Crippen LogP contribution in [0.1, 0.15) is 5.56 Å². The summed E-state index contributed by atoms with van der Waals surface area (Å²) < 4.78 is 36.0. The van der Waals surface area contributed by atoms with Crippen LogP contribution in [0.4, 0.5) is 13.2 Å². The van der Waals surface area contributed by atoms with Gasteiger partial charge in [0.2, 0.25) is 0 Å². The Bertz CT molecular complexity index is 259. The average Bonchev–Trinajstić information content (AvgIpc) is 1.86. The Labute approximate surface area is 79.6 Å². The minimum absolute atomic E-state index is 0. The van der Waals surface area contributed by atoms with Gasteiger partial charge in [-0.15, -0.1) is 25.0 Å². The van der Waals surface area contributed by atoms with E-state index >= 15 is 0 Å². The van der Waals surface area contributed by atoms with Crippen molar-refractivity contribution in [2.45, 2.75) is 11.1 Å². The Morgan fingerprint density at radius 3 is 1.92 bits per heavy atom. The summed E-state index contributed by atoms with van der Waals surface area (Å²) in [5.41, 5.74) is -0.691. The highest BCUT2D eigenvalue weighted by molar-refractivity contribution is 7.80. The van der Waals surface area contributed by atoms with Crippen LogP contribution in [0, 0.1) is 0 Å². The van der Waals surface area contributed by atoms with Gasteiger partial charge in [-0.25, -0.2) is 0 Å². The van der Waals surface area contributed by atoms with Crippen LogP contribution in [0.25, 0.3) is 0 Å². The lowest BCUT2D eigenvalue weighted by molar-refractivity contribution is -0.139. The Hall–Kier alpha value is -0.350. The number of thiol groups is 1. The van der Waals surface area contributed by atoms with Gasteiger partial charge in [-0.05, 0) is 12.1 Å². The van der Waals surface area contributed by atoms with Crippen molar-refractivity contribution < 1.29 is 13.2 Å². The SMILES string of the molecule is Cl.FC(F)(F)c1ccccc1S. The van der Waals surface area contributed by atoms with Crippen molar-refractivity contribution in [3.05, 3.63) is 29.8 Å². The second kappa shape index (κ2) is 4.05. The molecule has 0 atom stereocenters. The molecule has 68 valence electrons. The molecule has 1 rings (SSSR count). The molecule has 12 heavy (non-hydrogen) atoms. The van der Waals surface area contributed by atoms with Gasteiger partial charge in [0.05, 0.1) is 5.56 Å². The lowest BCUT2D eigenvalue weighted by Gasteiger charge is -2.07. The first-order chi connectivity index (χ1) is 5.02. The summed E-state index contributed by atoms with van der Waals surface area (Å²) >= 11 is 3.67. The third kappa shape index (κ3) is 2.60. The summed E-state index contributed by atoms with van der Waals surface area (Å²) in [7, 11) is 0. The van der Waals surface area contributed by atoms with E-state index in [2.05, 4.69) is 12.6 Å². The van der Waals surface area contributed by atoms with Crippen LogP contribution in [0.3, 0.4) is 0 Å².